The molecule has 4 rings (SSSR count). The zero-order valence-corrected chi connectivity index (χ0v) is 18.3. The summed E-state index contributed by atoms with van der Waals surface area (Å²) in [7, 11) is 6.22. The number of rotatable bonds is 5. The highest BCUT2D eigenvalue weighted by Gasteiger charge is 2.39. The van der Waals surface area contributed by atoms with E-state index in [0.717, 1.165) is 21.8 Å². The van der Waals surface area contributed by atoms with Crippen LogP contribution in [-0.4, -0.2) is 31.8 Å². The third-order valence-electron chi connectivity index (χ3n) is 5.36. The monoisotopic (exact) mass is 444 g/mol. The van der Waals surface area contributed by atoms with Crippen molar-refractivity contribution < 1.29 is 23.4 Å². The number of carbonyl (C=O) groups excluding carboxylic acids is 1. The maximum Gasteiger partial charge on any atom is 0.308 e. The average molecular weight is 444 g/mol. The summed E-state index contributed by atoms with van der Waals surface area (Å²) in [5.41, 5.74) is 1.22. The molecule has 0 spiro atoms. The van der Waals surface area contributed by atoms with Gasteiger partial charge in [0.05, 0.1) is 31.9 Å². The zero-order chi connectivity index (χ0) is 22.3. The second-order valence-electron chi connectivity index (χ2n) is 7.03. The molecule has 1 aromatic heterocycles. The lowest BCUT2D eigenvalue weighted by atomic mass is 9.89. The Hall–Kier alpha value is -3.33. The molecule has 9 heteroatoms. The molecule has 0 fully saturated rings. The van der Waals surface area contributed by atoms with Crippen LogP contribution in [0.3, 0.4) is 0 Å². The molecule has 0 saturated carbocycles. The standard InChI is InChI=1S/C22H21FN2O5S/c1-24-21-20(31-22(24)27)15(10-19(26)25(21)13-7-5-12(23)6-8-13)14-9-17(29-3)18(30-4)11-16(14)28-2/h5-9,11,15H,10H2,1-4H3. The molecular formula is C22H21FN2O5S. The quantitative estimate of drug-likeness (QED) is 0.599. The summed E-state index contributed by atoms with van der Waals surface area (Å²) in [5, 5.41) is 0. The number of benzene rings is 2. The van der Waals surface area contributed by atoms with Crippen LogP contribution < -0.4 is 24.0 Å². The molecule has 162 valence electrons. The van der Waals surface area contributed by atoms with Crippen LogP contribution in [0, 0.1) is 5.82 Å². The van der Waals surface area contributed by atoms with Crippen molar-refractivity contribution in [3.05, 3.63) is 62.3 Å². The topological polar surface area (TPSA) is 70.0 Å². The van der Waals surface area contributed by atoms with Crippen LogP contribution in [0.15, 0.2) is 41.2 Å². The van der Waals surface area contributed by atoms with E-state index in [9.17, 15) is 14.0 Å². The number of nitrogens with zero attached hydrogens (tertiary/aromatic N) is 2. The Morgan fingerprint density at radius 3 is 2.19 bits per heavy atom. The van der Waals surface area contributed by atoms with Gasteiger partial charge in [-0.1, -0.05) is 11.3 Å². The van der Waals surface area contributed by atoms with E-state index in [1.807, 2.05) is 0 Å². The first kappa shape index (κ1) is 20.9. The maximum absolute atomic E-state index is 13.4. The first-order chi connectivity index (χ1) is 14.9. The summed E-state index contributed by atoms with van der Waals surface area (Å²) < 4.78 is 31.2. The summed E-state index contributed by atoms with van der Waals surface area (Å²) in [6.45, 7) is 0. The number of carbonyl (C=O) groups is 1. The number of fused-ring (bicyclic) bond motifs is 1. The molecule has 0 N–H and O–H groups in total. The zero-order valence-electron chi connectivity index (χ0n) is 17.5. The third-order valence-corrected chi connectivity index (χ3v) is 6.50. The van der Waals surface area contributed by atoms with E-state index in [2.05, 4.69) is 0 Å². The van der Waals surface area contributed by atoms with E-state index in [4.69, 9.17) is 14.2 Å². The molecule has 0 saturated heterocycles. The molecule has 3 aromatic rings. The van der Waals surface area contributed by atoms with Crippen LogP contribution in [0.1, 0.15) is 22.8 Å². The fraction of sp³-hybridized carbons (Fsp3) is 0.273. The van der Waals surface area contributed by atoms with Crippen molar-refractivity contribution in [1.29, 1.82) is 0 Å². The molecule has 0 aliphatic carbocycles. The van der Waals surface area contributed by atoms with E-state index in [0.29, 0.717) is 28.8 Å². The molecular weight excluding hydrogens is 423 g/mol. The number of hydrogen-bond donors (Lipinski definition) is 0. The third kappa shape index (κ3) is 3.44. The van der Waals surface area contributed by atoms with Gasteiger partial charge in [0.15, 0.2) is 11.5 Å². The van der Waals surface area contributed by atoms with E-state index in [1.165, 1.54) is 55.1 Å². The Bertz CT molecular complexity index is 1200. The van der Waals surface area contributed by atoms with E-state index in [1.54, 1.807) is 19.2 Å². The van der Waals surface area contributed by atoms with Gasteiger partial charge in [-0.3, -0.25) is 19.1 Å². The normalized spacial score (nSPS) is 15.6. The van der Waals surface area contributed by atoms with Gasteiger partial charge in [0.25, 0.3) is 0 Å². The Balaban J connectivity index is 1.91. The molecule has 2 aromatic carbocycles. The van der Waals surface area contributed by atoms with Gasteiger partial charge in [-0.15, -0.1) is 0 Å². The van der Waals surface area contributed by atoms with Gasteiger partial charge in [-0.2, -0.15) is 0 Å². The SMILES string of the molecule is COc1cc(OC)c(C2CC(=O)N(c3ccc(F)cc3)c3c2sc(=O)n3C)cc1OC. The molecule has 1 aliphatic rings. The Morgan fingerprint density at radius 2 is 1.58 bits per heavy atom. The first-order valence-corrected chi connectivity index (χ1v) is 10.3. The lowest BCUT2D eigenvalue weighted by Crippen LogP contribution is -2.34. The van der Waals surface area contributed by atoms with E-state index < -0.39 is 11.7 Å². The van der Waals surface area contributed by atoms with Gasteiger partial charge in [-0.05, 0) is 30.3 Å². The van der Waals surface area contributed by atoms with Gasteiger partial charge >= 0.3 is 4.87 Å². The minimum absolute atomic E-state index is 0.107. The summed E-state index contributed by atoms with van der Waals surface area (Å²) in [5.74, 6) is 0.971. The second-order valence-corrected chi connectivity index (χ2v) is 8.02. The minimum Gasteiger partial charge on any atom is -0.496 e. The lowest BCUT2D eigenvalue weighted by Gasteiger charge is -2.32. The molecule has 1 aliphatic heterocycles. The lowest BCUT2D eigenvalue weighted by molar-refractivity contribution is -0.118. The summed E-state index contributed by atoms with van der Waals surface area (Å²) in [6.07, 6.45) is 0.107. The molecule has 1 amide bonds. The van der Waals surface area contributed by atoms with Crippen LogP contribution in [0.2, 0.25) is 0 Å². The maximum atomic E-state index is 13.4. The molecule has 0 bridgehead atoms. The molecule has 1 unspecified atom stereocenters. The molecule has 1 atom stereocenters. The number of thiazole rings is 1. The van der Waals surface area contributed by atoms with Crippen LogP contribution in [0.4, 0.5) is 15.9 Å². The van der Waals surface area contributed by atoms with E-state index in [-0.39, 0.29) is 17.2 Å². The number of hydrogen-bond acceptors (Lipinski definition) is 6. The van der Waals surface area contributed by atoms with Crippen molar-refractivity contribution in [2.75, 3.05) is 26.2 Å². The molecule has 31 heavy (non-hydrogen) atoms. The summed E-state index contributed by atoms with van der Waals surface area (Å²) in [6, 6.07) is 9.10. The summed E-state index contributed by atoms with van der Waals surface area (Å²) in [4.78, 5) is 27.9. The Morgan fingerprint density at radius 1 is 0.968 bits per heavy atom. The van der Waals surface area contributed by atoms with Crippen LogP contribution in [0.5, 0.6) is 17.2 Å². The second kappa shape index (κ2) is 8.07. The van der Waals surface area contributed by atoms with Crippen molar-refractivity contribution in [1.82, 2.24) is 4.57 Å². The summed E-state index contributed by atoms with van der Waals surface area (Å²) >= 11 is 1.08. The number of methoxy groups -OCH3 is 3. The van der Waals surface area contributed by atoms with Crippen molar-refractivity contribution in [3.63, 3.8) is 0 Å². The van der Waals surface area contributed by atoms with Crippen molar-refractivity contribution in [2.45, 2.75) is 12.3 Å². The van der Waals surface area contributed by atoms with Gasteiger partial charge < -0.3 is 14.2 Å². The number of halogens is 1. The average Bonchev–Trinajstić information content (AvgIpc) is 3.07. The highest BCUT2D eigenvalue weighted by atomic mass is 32.1. The van der Waals surface area contributed by atoms with Gasteiger partial charge in [0.2, 0.25) is 5.91 Å². The fourth-order valence-corrected chi connectivity index (χ4v) is 4.94. The predicted octanol–water partition coefficient (Wildman–Crippen LogP) is 3.81. The Kier molecular flexibility index (Phi) is 5.45. The van der Waals surface area contributed by atoms with Crippen LogP contribution in [0.25, 0.3) is 0 Å². The first-order valence-electron chi connectivity index (χ1n) is 9.47. The van der Waals surface area contributed by atoms with E-state index >= 15 is 0 Å². The van der Waals surface area contributed by atoms with Gasteiger partial charge in [0.1, 0.15) is 17.4 Å². The van der Waals surface area contributed by atoms with Gasteiger partial charge in [0, 0.05) is 31.0 Å². The molecule has 2 heterocycles. The van der Waals surface area contributed by atoms with Crippen molar-refractivity contribution >= 4 is 28.7 Å². The molecule has 7 nitrogen and oxygen atoms in total. The van der Waals surface area contributed by atoms with Gasteiger partial charge in [-0.25, -0.2) is 4.39 Å². The number of ether oxygens (including phenoxy) is 3. The number of amides is 1. The minimum atomic E-state index is -0.409. The predicted molar refractivity (Wildman–Crippen MR) is 116 cm³/mol. The highest BCUT2D eigenvalue weighted by Crippen LogP contribution is 2.48. The smallest absolute Gasteiger partial charge is 0.308 e. The van der Waals surface area contributed by atoms with Crippen LogP contribution in [-0.2, 0) is 11.8 Å². The largest absolute Gasteiger partial charge is 0.496 e. The van der Waals surface area contributed by atoms with Crippen LogP contribution >= 0.6 is 11.3 Å². The Labute approximate surface area is 182 Å². The van der Waals surface area contributed by atoms with Crippen molar-refractivity contribution in [3.8, 4) is 17.2 Å². The highest BCUT2D eigenvalue weighted by molar-refractivity contribution is 7.10. The number of anilines is 2. The number of aromatic nitrogens is 1. The fourth-order valence-electron chi connectivity index (χ4n) is 3.86. The molecule has 0 radical (unpaired) electrons. The van der Waals surface area contributed by atoms with Crippen molar-refractivity contribution in [2.24, 2.45) is 7.05 Å².